The number of anilines is 1. The fourth-order valence-corrected chi connectivity index (χ4v) is 3.50. The Morgan fingerprint density at radius 1 is 1.00 bits per heavy atom. The average Bonchev–Trinajstić information content (AvgIpc) is 2.69. The minimum Gasteiger partial charge on any atom is -0.489 e. The molecule has 0 unspecified atom stereocenters. The Bertz CT molecular complexity index is 945. The second kappa shape index (κ2) is 7.64. The van der Waals surface area contributed by atoms with Crippen molar-refractivity contribution in [1.82, 2.24) is 9.97 Å². The molecule has 27 heavy (non-hydrogen) atoms. The van der Waals surface area contributed by atoms with Crippen molar-refractivity contribution in [3.8, 4) is 5.75 Å². The van der Waals surface area contributed by atoms with Crippen LogP contribution in [0.5, 0.6) is 5.75 Å². The summed E-state index contributed by atoms with van der Waals surface area (Å²) in [5.41, 5.74) is 0.534. The second-order valence-corrected chi connectivity index (χ2v) is 6.87. The van der Waals surface area contributed by atoms with Crippen molar-refractivity contribution in [2.45, 2.75) is 25.4 Å². The third-order valence-corrected chi connectivity index (χ3v) is 4.98. The molecule has 3 aromatic rings. The van der Waals surface area contributed by atoms with Crippen molar-refractivity contribution in [1.29, 1.82) is 0 Å². The van der Waals surface area contributed by atoms with Crippen molar-refractivity contribution >= 4 is 28.3 Å². The van der Waals surface area contributed by atoms with Crippen LogP contribution in [0.4, 0.5) is 14.6 Å². The number of rotatable bonds is 4. The van der Waals surface area contributed by atoms with E-state index < -0.39 is 12.2 Å². The van der Waals surface area contributed by atoms with Crippen LogP contribution < -0.4 is 9.64 Å². The number of ether oxygens (including phenoxy) is 1. The minimum absolute atomic E-state index is 0.0313. The summed E-state index contributed by atoms with van der Waals surface area (Å²) in [6, 6.07) is 14.6. The van der Waals surface area contributed by atoms with Crippen LogP contribution in [0.3, 0.4) is 0 Å². The summed E-state index contributed by atoms with van der Waals surface area (Å²) in [5, 5.41) is 1.37. The summed E-state index contributed by atoms with van der Waals surface area (Å²) < 4.78 is 32.4. The molecule has 1 aliphatic rings. The maximum atomic E-state index is 13.2. The van der Waals surface area contributed by atoms with Gasteiger partial charge in [-0.05, 0) is 24.3 Å². The van der Waals surface area contributed by atoms with Crippen molar-refractivity contribution in [2.24, 2.45) is 0 Å². The molecule has 4 nitrogen and oxygen atoms in total. The van der Waals surface area contributed by atoms with Gasteiger partial charge in [-0.15, -0.1) is 0 Å². The second-order valence-electron chi connectivity index (χ2n) is 6.46. The number of halogens is 3. The molecule has 0 radical (unpaired) electrons. The van der Waals surface area contributed by atoms with E-state index >= 15 is 0 Å². The summed E-state index contributed by atoms with van der Waals surface area (Å²) in [7, 11) is 0. The Hall–Kier alpha value is -2.47. The van der Waals surface area contributed by atoms with Crippen LogP contribution in [-0.4, -0.2) is 29.2 Å². The lowest BCUT2D eigenvalue weighted by Crippen LogP contribution is -2.39. The summed E-state index contributed by atoms with van der Waals surface area (Å²) >= 11 is 6.16. The van der Waals surface area contributed by atoms with Crippen molar-refractivity contribution in [2.75, 3.05) is 18.0 Å². The molecule has 140 valence electrons. The zero-order valence-corrected chi connectivity index (χ0v) is 15.2. The fourth-order valence-electron chi connectivity index (χ4n) is 3.32. The van der Waals surface area contributed by atoms with Gasteiger partial charge in [0.15, 0.2) is 5.82 Å². The number of hydrogen-bond donors (Lipinski definition) is 0. The molecule has 7 heteroatoms. The number of fused-ring (bicyclic) bond motifs is 1. The Labute approximate surface area is 160 Å². The molecule has 1 saturated heterocycles. The average molecular weight is 390 g/mol. The molecular weight excluding hydrogens is 372 g/mol. The molecule has 0 bridgehead atoms. The molecule has 0 amide bonds. The zero-order chi connectivity index (χ0) is 18.8. The van der Waals surface area contributed by atoms with Crippen molar-refractivity contribution in [3.63, 3.8) is 0 Å². The molecule has 0 atom stereocenters. The number of benzene rings is 2. The van der Waals surface area contributed by atoms with Gasteiger partial charge in [0.25, 0.3) is 6.43 Å². The number of aromatic nitrogens is 2. The van der Waals surface area contributed by atoms with E-state index in [0.717, 1.165) is 18.2 Å². The van der Waals surface area contributed by atoms with Crippen LogP contribution >= 0.6 is 11.6 Å². The highest BCUT2D eigenvalue weighted by Gasteiger charge is 2.25. The third-order valence-electron chi connectivity index (χ3n) is 4.67. The van der Waals surface area contributed by atoms with Crippen molar-refractivity contribution < 1.29 is 13.5 Å². The first-order valence-corrected chi connectivity index (χ1v) is 9.20. The van der Waals surface area contributed by atoms with E-state index in [-0.39, 0.29) is 6.10 Å². The largest absolute Gasteiger partial charge is 0.489 e. The molecule has 1 aromatic heterocycles. The summed E-state index contributed by atoms with van der Waals surface area (Å²) in [5.74, 6) is 0.801. The van der Waals surface area contributed by atoms with Crippen LogP contribution in [-0.2, 0) is 0 Å². The Kier molecular flexibility index (Phi) is 5.07. The molecule has 2 aromatic carbocycles. The van der Waals surface area contributed by atoms with Crippen LogP contribution in [0.1, 0.15) is 25.1 Å². The van der Waals surface area contributed by atoms with Crippen molar-refractivity contribution in [3.05, 3.63) is 59.4 Å². The smallest absolute Gasteiger partial charge is 0.297 e. The molecule has 1 fully saturated rings. The minimum atomic E-state index is -2.70. The van der Waals surface area contributed by atoms with E-state index in [1.165, 1.54) is 0 Å². The topological polar surface area (TPSA) is 38.2 Å². The van der Waals surface area contributed by atoms with E-state index in [4.69, 9.17) is 16.3 Å². The highest BCUT2D eigenvalue weighted by Crippen LogP contribution is 2.31. The van der Waals surface area contributed by atoms with Gasteiger partial charge in [0.1, 0.15) is 17.7 Å². The van der Waals surface area contributed by atoms with Gasteiger partial charge in [-0.2, -0.15) is 0 Å². The van der Waals surface area contributed by atoms with Gasteiger partial charge in [-0.3, -0.25) is 0 Å². The molecular formula is C20H18ClF2N3O. The lowest BCUT2D eigenvalue weighted by Gasteiger charge is -2.33. The van der Waals surface area contributed by atoms with Gasteiger partial charge < -0.3 is 9.64 Å². The van der Waals surface area contributed by atoms with E-state index in [1.54, 1.807) is 18.2 Å². The lowest BCUT2D eigenvalue weighted by molar-refractivity contribution is 0.140. The van der Waals surface area contributed by atoms with E-state index in [9.17, 15) is 8.78 Å². The first-order chi connectivity index (χ1) is 13.1. The predicted octanol–water partition coefficient (Wildman–Crippen LogP) is 5.27. The number of piperidine rings is 1. The van der Waals surface area contributed by atoms with Crippen LogP contribution in [0.15, 0.2) is 48.5 Å². The normalized spacial score (nSPS) is 15.5. The number of para-hydroxylation sites is 2. The molecule has 4 rings (SSSR count). The van der Waals surface area contributed by atoms with Gasteiger partial charge in [-0.25, -0.2) is 18.7 Å². The highest BCUT2D eigenvalue weighted by molar-refractivity contribution is 6.32. The number of alkyl halides is 2. The first-order valence-electron chi connectivity index (χ1n) is 8.83. The molecule has 0 aliphatic carbocycles. The maximum absolute atomic E-state index is 13.2. The van der Waals surface area contributed by atoms with Gasteiger partial charge >= 0.3 is 0 Å². The van der Waals surface area contributed by atoms with Gasteiger partial charge in [0.2, 0.25) is 0 Å². The first kappa shape index (κ1) is 17.9. The van der Waals surface area contributed by atoms with Crippen LogP contribution in [0.2, 0.25) is 5.02 Å². The third kappa shape index (κ3) is 3.81. The van der Waals surface area contributed by atoms with Gasteiger partial charge in [0.05, 0.1) is 10.5 Å². The number of hydrogen-bond acceptors (Lipinski definition) is 4. The predicted molar refractivity (Wildman–Crippen MR) is 102 cm³/mol. The van der Waals surface area contributed by atoms with E-state index in [2.05, 4.69) is 9.97 Å². The Morgan fingerprint density at radius 2 is 1.70 bits per heavy atom. The SMILES string of the molecule is FC(F)c1nc(N2CCC(Oc3ccccc3Cl)CC2)c2ccccc2n1. The van der Waals surface area contributed by atoms with Gasteiger partial charge in [-0.1, -0.05) is 35.9 Å². The highest BCUT2D eigenvalue weighted by atomic mass is 35.5. The van der Waals surface area contributed by atoms with Crippen LogP contribution in [0.25, 0.3) is 10.9 Å². The summed E-state index contributed by atoms with van der Waals surface area (Å²) in [6.07, 6.45) is -1.15. The molecule has 2 heterocycles. The quantitative estimate of drug-likeness (QED) is 0.609. The Morgan fingerprint density at radius 3 is 2.44 bits per heavy atom. The maximum Gasteiger partial charge on any atom is 0.297 e. The zero-order valence-electron chi connectivity index (χ0n) is 14.5. The summed E-state index contributed by atoms with van der Waals surface area (Å²) in [6.45, 7) is 1.33. The van der Waals surface area contributed by atoms with E-state index in [0.29, 0.717) is 35.2 Å². The molecule has 0 saturated carbocycles. The van der Waals surface area contributed by atoms with E-state index in [1.807, 2.05) is 35.2 Å². The standard InChI is InChI=1S/C20H18ClF2N3O/c21-15-6-2-4-8-17(15)27-13-9-11-26(12-10-13)20-14-5-1-3-7-16(14)24-19(25-20)18(22)23/h1-8,13,18H,9-12H2. The molecule has 1 aliphatic heterocycles. The monoisotopic (exact) mass is 389 g/mol. The summed E-state index contributed by atoms with van der Waals surface area (Å²) in [4.78, 5) is 10.2. The molecule has 0 spiro atoms. The van der Waals surface area contributed by atoms with Gasteiger partial charge in [0, 0.05) is 31.3 Å². The Balaban J connectivity index is 1.53. The number of nitrogens with zero attached hydrogens (tertiary/aromatic N) is 3. The van der Waals surface area contributed by atoms with Crippen LogP contribution in [0, 0.1) is 0 Å². The lowest BCUT2D eigenvalue weighted by atomic mass is 10.1. The molecule has 0 N–H and O–H groups in total. The fraction of sp³-hybridized carbons (Fsp3) is 0.300.